The van der Waals surface area contributed by atoms with Gasteiger partial charge >= 0.3 is 23.9 Å². The van der Waals surface area contributed by atoms with Crippen LogP contribution in [0.25, 0.3) is 0 Å². The standard InChI is InChI=1S/C23H40O11/c1-6-9-12-31-21(32-13-10-7-2)22(5,33-14-11-8-3)18(19(27)34-16(4)24)23(30,20(28)29)15-17(25)26/h18,21,30H,6-15H2,1-5H3,(H,25,26)(H,28,29). The number of carboxylic acids is 2. The first-order valence-electron chi connectivity index (χ1n) is 11.7. The van der Waals surface area contributed by atoms with Crippen LogP contribution in [0.3, 0.4) is 0 Å². The van der Waals surface area contributed by atoms with E-state index < -0.39 is 53.7 Å². The lowest BCUT2D eigenvalue weighted by Gasteiger charge is -2.45. The molecule has 198 valence electrons. The number of esters is 2. The van der Waals surface area contributed by atoms with Crippen molar-refractivity contribution in [1.29, 1.82) is 0 Å². The Labute approximate surface area is 200 Å². The van der Waals surface area contributed by atoms with E-state index in [-0.39, 0.29) is 19.8 Å². The van der Waals surface area contributed by atoms with Crippen molar-refractivity contribution in [1.82, 2.24) is 0 Å². The topological polar surface area (TPSA) is 166 Å². The molecule has 0 spiro atoms. The molecule has 0 radical (unpaired) electrons. The number of aliphatic carboxylic acids is 2. The third-order valence-electron chi connectivity index (χ3n) is 5.24. The van der Waals surface area contributed by atoms with E-state index in [0.29, 0.717) is 25.7 Å². The molecule has 0 aromatic heterocycles. The van der Waals surface area contributed by atoms with Gasteiger partial charge in [-0.15, -0.1) is 0 Å². The Morgan fingerprint density at radius 2 is 1.32 bits per heavy atom. The maximum absolute atomic E-state index is 13.1. The van der Waals surface area contributed by atoms with Gasteiger partial charge in [0.05, 0.1) is 6.42 Å². The molecule has 0 bridgehead atoms. The van der Waals surface area contributed by atoms with Crippen molar-refractivity contribution in [2.75, 3.05) is 19.8 Å². The minimum atomic E-state index is -3.19. The lowest BCUT2D eigenvalue weighted by atomic mass is 9.73. The summed E-state index contributed by atoms with van der Waals surface area (Å²) >= 11 is 0. The van der Waals surface area contributed by atoms with E-state index in [1.165, 1.54) is 6.92 Å². The summed E-state index contributed by atoms with van der Waals surface area (Å²) in [5.41, 5.74) is -5.22. The molecule has 0 aliphatic carbocycles. The Morgan fingerprint density at radius 3 is 1.71 bits per heavy atom. The molecule has 0 saturated carbocycles. The number of hydrogen-bond acceptors (Lipinski definition) is 9. The van der Waals surface area contributed by atoms with Gasteiger partial charge in [0.2, 0.25) is 0 Å². The zero-order valence-electron chi connectivity index (χ0n) is 20.8. The van der Waals surface area contributed by atoms with E-state index in [0.717, 1.165) is 19.8 Å². The lowest BCUT2D eigenvalue weighted by Crippen LogP contribution is -2.65. The molecule has 0 aliphatic rings. The summed E-state index contributed by atoms with van der Waals surface area (Å²) in [6.45, 7) is 8.31. The van der Waals surface area contributed by atoms with Crippen LogP contribution >= 0.6 is 0 Å². The quantitative estimate of drug-likeness (QED) is 0.105. The lowest BCUT2D eigenvalue weighted by molar-refractivity contribution is -0.284. The molecule has 0 aliphatic heterocycles. The minimum Gasteiger partial charge on any atom is -0.481 e. The van der Waals surface area contributed by atoms with Gasteiger partial charge in [0, 0.05) is 26.7 Å². The van der Waals surface area contributed by atoms with Crippen molar-refractivity contribution in [3.05, 3.63) is 0 Å². The van der Waals surface area contributed by atoms with Gasteiger partial charge in [-0.3, -0.25) is 14.4 Å². The maximum atomic E-state index is 13.1. The zero-order chi connectivity index (χ0) is 26.4. The first-order valence-corrected chi connectivity index (χ1v) is 11.7. The van der Waals surface area contributed by atoms with Crippen LogP contribution in [0, 0.1) is 5.92 Å². The Bertz CT molecular complexity index is 655. The van der Waals surface area contributed by atoms with E-state index in [9.17, 15) is 34.5 Å². The number of carboxylic acid groups (broad SMARTS) is 2. The van der Waals surface area contributed by atoms with Crippen molar-refractivity contribution in [2.24, 2.45) is 5.92 Å². The largest absolute Gasteiger partial charge is 0.481 e. The second-order valence-corrected chi connectivity index (χ2v) is 8.31. The number of aliphatic hydroxyl groups is 1. The van der Waals surface area contributed by atoms with Gasteiger partial charge in [-0.1, -0.05) is 40.0 Å². The van der Waals surface area contributed by atoms with Gasteiger partial charge in [-0.2, -0.15) is 0 Å². The highest BCUT2D eigenvalue weighted by atomic mass is 16.7. The average molecular weight is 493 g/mol. The van der Waals surface area contributed by atoms with Crippen LogP contribution in [-0.2, 0) is 38.1 Å². The normalized spacial score (nSPS) is 15.9. The number of hydrogen-bond donors (Lipinski definition) is 3. The van der Waals surface area contributed by atoms with E-state index in [2.05, 4.69) is 4.74 Å². The third-order valence-corrected chi connectivity index (χ3v) is 5.24. The Hall–Kier alpha value is -2.08. The molecule has 0 aromatic rings. The highest BCUT2D eigenvalue weighted by Gasteiger charge is 2.63. The van der Waals surface area contributed by atoms with Crippen LogP contribution in [0.2, 0.25) is 0 Å². The molecule has 0 saturated heterocycles. The average Bonchev–Trinajstić information content (AvgIpc) is 2.71. The molecule has 11 heteroatoms. The molecule has 3 atom stereocenters. The van der Waals surface area contributed by atoms with Crippen LogP contribution in [0.5, 0.6) is 0 Å². The Balaban J connectivity index is 6.79. The van der Waals surface area contributed by atoms with Crippen molar-refractivity contribution in [3.63, 3.8) is 0 Å². The maximum Gasteiger partial charge on any atom is 0.337 e. The summed E-state index contributed by atoms with van der Waals surface area (Å²) in [6.07, 6.45) is 1.22. The van der Waals surface area contributed by atoms with Gasteiger partial charge in [-0.05, 0) is 26.2 Å². The van der Waals surface area contributed by atoms with Crippen molar-refractivity contribution in [2.45, 2.75) is 97.1 Å². The second-order valence-electron chi connectivity index (χ2n) is 8.31. The predicted molar refractivity (Wildman–Crippen MR) is 120 cm³/mol. The number of ether oxygens (including phenoxy) is 4. The molecule has 0 heterocycles. The van der Waals surface area contributed by atoms with Crippen molar-refractivity contribution >= 4 is 23.9 Å². The van der Waals surface area contributed by atoms with Gasteiger partial charge < -0.3 is 34.3 Å². The summed E-state index contributed by atoms with van der Waals surface area (Å²) < 4.78 is 22.3. The SMILES string of the molecule is CCCCOC(OCCCC)C(C)(OCCCC)C(C(=O)OC(C)=O)C(O)(CC(=O)O)C(=O)O. The molecule has 11 nitrogen and oxygen atoms in total. The van der Waals surface area contributed by atoms with Crippen molar-refractivity contribution in [3.8, 4) is 0 Å². The number of carbonyl (C=O) groups is 4. The van der Waals surface area contributed by atoms with Crippen LogP contribution in [-0.4, -0.2) is 76.5 Å². The fourth-order valence-electron chi connectivity index (χ4n) is 3.41. The van der Waals surface area contributed by atoms with Crippen LogP contribution in [0.1, 0.15) is 79.6 Å². The predicted octanol–water partition coefficient (Wildman–Crippen LogP) is 2.52. The summed E-state index contributed by atoms with van der Waals surface area (Å²) in [5, 5.41) is 30.3. The van der Waals surface area contributed by atoms with Crippen molar-refractivity contribution < 1.29 is 53.4 Å². The van der Waals surface area contributed by atoms with Gasteiger partial charge in [-0.25, -0.2) is 4.79 Å². The molecule has 0 fully saturated rings. The number of unbranched alkanes of at least 4 members (excludes halogenated alkanes) is 3. The number of carbonyl (C=O) groups excluding carboxylic acids is 2. The molecular formula is C23H40O11. The molecule has 0 rings (SSSR count). The van der Waals surface area contributed by atoms with Gasteiger partial charge in [0.1, 0.15) is 11.5 Å². The van der Waals surface area contributed by atoms with E-state index in [1.807, 2.05) is 20.8 Å². The highest BCUT2D eigenvalue weighted by Crippen LogP contribution is 2.40. The molecule has 0 aromatic carbocycles. The number of rotatable bonds is 19. The van der Waals surface area contributed by atoms with Gasteiger partial charge in [0.25, 0.3) is 0 Å². The van der Waals surface area contributed by atoms with Crippen LogP contribution in [0.15, 0.2) is 0 Å². The molecule has 0 amide bonds. The molecule has 3 unspecified atom stereocenters. The molecular weight excluding hydrogens is 452 g/mol. The molecule has 3 N–H and O–H groups in total. The van der Waals surface area contributed by atoms with Crippen LogP contribution in [0.4, 0.5) is 0 Å². The van der Waals surface area contributed by atoms with E-state index >= 15 is 0 Å². The van der Waals surface area contributed by atoms with E-state index in [1.54, 1.807) is 0 Å². The first-order chi connectivity index (χ1) is 15.9. The fourth-order valence-corrected chi connectivity index (χ4v) is 3.41. The second kappa shape index (κ2) is 15.8. The Kier molecular flexibility index (Phi) is 14.8. The smallest absolute Gasteiger partial charge is 0.337 e. The fraction of sp³-hybridized carbons (Fsp3) is 0.826. The summed E-state index contributed by atoms with van der Waals surface area (Å²) in [4.78, 5) is 48.3. The zero-order valence-corrected chi connectivity index (χ0v) is 20.8. The van der Waals surface area contributed by atoms with Gasteiger partial charge in [0.15, 0.2) is 11.9 Å². The van der Waals surface area contributed by atoms with Crippen LogP contribution < -0.4 is 0 Å². The third kappa shape index (κ3) is 9.65. The summed E-state index contributed by atoms with van der Waals surface area (Å²) in [7, 11) is 0. The summed E-state index contributed by atoms with van der Waals surface area (Å²) in [6, 6.07) is 0. The van der Waals surface area contributed by atoms with E-state index in [4.69, 9.17) is 14.2 Å². The Morgan fingerprint density at radius 1 is 0.853 bits per heavy atom. The monoisotopic (exact) mass is 492 g/mol. The molecule has 34 heavy (non-hydrogen) atoms. The first kappa shape index (κ1) is 31.9. The summed E-state index contributed by atoms with van der Waals surface area (Å²) in [5.74, 6) is -8.38. The highest BCUT2D eigenvalue weighted by molar-refractivity contribution is 5.94. The minimum absolute atomic E-state index is 0.0183.